The summed E-state index contributed by atoms with van der Waals surface area (Å²) < 4.78 is 63.6. The number of halogens is 1. The largest absolute Gasteiger partial charge is 0.491 e. The number of methoxy groups -OCH3 is 1. The Morgan fingerprint density at radius 3 is 2.60 bits per heavy atom. The standard InChI is InChI=1S/C29H35FN6O9S3/c1-41-28(38)25(19-46-18-20-3-2-4-22(13-20)44-12-11-43-10-9-42-8-7-30)32-27(37)16-36-15-21(34-35-36)17-45-23-5-6-24-26(14-23)47-29(33-24)48(31,39)40/h2-6,13-15,25H,7-12,16-19H2,1H3,(H,32,37)(H2,31,39,40)/t25-/m0/s1. The Morgan fingerprint density at radius 1 is 1.06 bits per heavy atom. The number of fused-ring (bicyclic) bond motifs is 1. The molecule has 260 valence electrons. The summed E-state index contributed by atoms with van der Waals surface area (Å²) in [5, 5.41) is 15.8. The van der Waals surface area contributed by atoms with Crippen LogP contribution < -0.4 is 19.9 Å². The number of nitrogens with zero attached hydrogens (tertiary/aromatic N) is 4. The molecule has 4 rings (SSSR count). The monoisotopic (exact) mass is 726 g/mol. The van der Waals surface area contributed by atoms with E-state index >= 15 is 0 Å². The molecule has 2 aromatic carbocycles. The Balaban J connectivity index is 1.20. The van der Waals surface area contributed by atoms with Gasteiger partial charge in [0.25, 0.3) is 10.0 Å². The molecule has 0 unspecified atom stereocenters. The van der Waals surface area contributed by atoms with Crippen LogP contribution in [0.4, 0.5) is 4.39 Å². The van der Waals surface area contributed by atoms with Crippen LogP contribution in [0.5, 0.6) is 11.5 Å². The molecule has 19 heteroatoms. The summed E-state index contributed by atoms with van der Waals surface area (Å²) in [5.41, 5.74) is 1.88. The Bertz CT molecular complexity index is 1750. The number of thioether (sulfide) groups is 1. The molecular weight excluding hydrogens is 692 g/mol. The van der Waals surface area contributed by atoms with E-state index in [0.29, 0.717) is 59.6 Å². The van der Waals surface area contributed by atoms with E-state index in [-0.39, 0.29) is 29.9 Å². The van der Waals surface area contributed by atoms with Gasteiger partial charge in [-0.3, -0.25) is 4.79 Å². The van der Waals surface area contributed by atoms with E-state index in [1.54, 1.807) is 18.2 Å². The Morgan fingerprint density at radius 2 is 1.83 bits per heavy atom. The molecule has 0 radical (unpaired) electrons. The Kier molecular flexibility index (Phi) is 14.3. The number of esters is 1. The zero-order valence-corrected chi connectivity index (χ0v) is 28.4. The highest BCUT2D eigenvalue weighted by Gasteiger charge is 2.22. The van der Waals surface area contributed by atoms with Crippen LogP contribution in [0.15, 0.2) is 53.0 Å². The second kappa shape index (κ2) is 18.6. The van der Waals surface area contributed by atoms with Gasteiger partial charge in [-0.25, -0.2) is 32.4 Å². The molecule has 1 atom stereocenters. The summed E-state index contributed by atoms with van der Waals surface area (Å²) in [7, 11) is -2.66. The third-order valence-corrected chi connectivity index (χ3v) is 9.67. The molecule has 2 heterocycles. The van der Waals surface area contributed by atoms with Crippen LogP contribution in [-0.2, 0) is 52.7 Å². The van der Waals surface area contributed by atoms with Crippen molar-refractivity contribution in [2.75, 3.05) is 52.6 Å². The van der Waals surface area contributed by atoms with Crippen molar-refractivity contribution in [3.05, 3.63) is 59.9 Å². The second-order valence-corrected chi connectivity index (χ2v) is 13.7. The van der Waals surface area contributed by atoms with Gasteiger partial charge in [-0.1, -0.05) is 17.3 Å². The number of benzene rings is 2. The van der Waals surface area contributed by atoms with E-state index in [0.717, 1.165) is 16.9 Å². The van der Waals surface area contributed by atoms with Gasteiger partial charge in [-0.15, -0.1) is 16.4 Å². The minimum atomic E-state index is -3.91. The molecular formula is C29H35FN6O9S3. The van der Waals surface area contributed by atoms with Gasteiger partial charge in [-0.2, -0.15) is 11.8 Å². The fourth-order valence-corrected chi connectivity index (χ4v) is 6.72. The minimum absolute atomic E-state index is 0.0352. The number of thiazole rings is 1. The lowest BCUT2D eigenvalue weighted by Crippen LogP contribution is -2.44. The van der Waals surface area contributed by atoms with Crippen LogP contribution in [0.3, 0.4) is 0 Å². The van der Waals surface area contributed by atoms with Gasteiger partial charge < -0.3 is 29.0 Å². The molecule has 0 bridgehead atoms. The van der Waals surface area contributed by atoms with Gasteiger partial charge in [0.1, 0.15) is 49.7 Å². The first-order chi connectivity index (χ1) is 23.1. The molecule has 3 N–H and O–H groups in total. The van der Waals surface area contributed by atoms with Gasteiger partial charge in [-0.05, 0) is 35.9 Å². The van der Waals surface area contributed by atoms with Crippen molar-refractivity contribution in [2.45, 2.75) is 29.3 Å². The molecule has 0 aliphatic rings. The van der Waals surface area contributed by atoms with Crippen molar-refractivity contribution in [3.8, 4) is 11.5 Å². The van der Waals surface area contributed by atoms with Gasteiger partial charge in [0.15, 0.2) is 0 Å². The molecule has 0 saturated heterocycles. The number of nitrogens with two attached hydrogens (primary N) is 1. The normalized spacial score (nSPS) is 12.1. The van der Waals surface area contributed by atoms with E-state index in [9.17, 15) is 22.4 Å². The molecule has 48 heavy (non-hydrogen) atoms. The van der Waals surface area contributed by atoms with Crippen LogP contribution >= 0.6 is 23.1 Å². The first-order valence-electron chi connectivity index (χ1n) is 14.5. The van der Waals surface area contributed by atoms with Crippen LogP contribution in [-0.4, -0.2) is 98.9 Å². The molecule has 2 aromatic heterocycles. The fraction of sp³-hybridized carbons (Fsp3) is 0.414. The Hall–Kier alpha value is -3.88. The minimum Gasteiger partial charge on any atom is -0.491 e. The first kappa shape index (κ1) is 36.9. The number of ether oxygens (including phenoxy) is 5. The number of carbonyl (C=O) groups is 2. The number of primary sulfonamides is 1. The third kappa shape index (κ3) is 12.0. The number of hydrogen-bond donors (Lipinski definition) is 2. The lowest BCUT2D eigenvalue weighted by Gasteiger charge is -2.16. The van der Waals surface area contributed by atoms with Crippen molar-refractivity contribution in [2.24, 2.45) is 5.14 Å². The Labute approximate surface area is 284 Å². The molecule has 0 saturated carbocycles. The maximum Gasteiger partial charge on any atom is 0.329 e. The van der Waals surface area contributed by atoms with Crippen molar-refractivity contribution in [1.29, 1.82) is 0 Å². The van der Waals surface area contributed by atoms with Gasteiger partial charge in [0.2, 0.25) is 10.2 Å². The van der Waals surface area contributed by atoms with E-state index in [1.807, 2.05) is 24.3 Å². The maximum absolute atomic E-state index is 12.8. The summed E-state index contributed by atoms with van der Waals surface area (Å²) in [4.78, 5) is 29.2. The van der Waals surface area contributed by atoms with Gasteiger partial charge >= 0.3 is 5.97 Å². The highest BCUT2D eigenvalue weighted by molar-refractivity contribution is 7.98. The summed E-state index contributed by atoms with van der Waals surface area (Å²) >= 11 is 2.38. The topological polar surface area (TPSA) is 196 Å². The highest BCUT2D eigenvalue weighted by atomic mass is 32.2. The zero-order chi connectivity index (χ0) is 34.4. The van der Waals surface area contributed by atoms with Crippen molar-refractivity contribution >= 4 is 55.2 Å². The average molecular weight is 727 g/mol. The van der Waals surface area contributed by atoms with E-state index in [4.69, 9.17) is 28.8 Å². The predicted octanol–water partition coefficient (Wildman–Crippen LogP) is 2.09. The number of rotatable bonds is 21. The van der Waals surface area contributed by atoms with E-state index < -0.39 is 34.6 Å². The molecule has 15 nitrogen and oxygen atoms in total. The zero-order valence-electron chi connectivity index (χ0n) is 25.9. The lowest BCUT2D eigenvalue weighted by atomic mass is 10.2. The summed E-state index contributed by atoms with van der Waals surface area (Å²) in [6.45, 7) is 0.765. The predicted molar refractivity (Wildman–Crippen MR) is 175 cm³/mol. The lowest BCUT2D eigenvalue weighted by molar-refractivity contribution is -0.144. The first-order valence-corrected chi connectivity index (χ1v) is 18.0. The van der Waals surface area contributed by atoms with Gasteiger partial charge in [0, 0.05) is 11.5 Å². The number of alkyl halides is 1. The van der Waals surface area contributed by atoms with Crippen LogP contribution in [0.25, 0.3) is 10.2 Å². The summed E-state index contributed by atoms with van der Waals surface area (Å²) in [5.74, 6) is 0.901. The van der Waals surface area contributed by atoms with Crippen LogP contribution in [0.1, 0.15) is 11.3 Å². The number of nitrogens with one attached hydrogen (secondary N) is 1. The molecule has 1 amide bonds. The smallest absolute Gasteiger partial charge is 0.329 e. The number of sulfonamides is 1. The molecule has 0 fully saturated rings. The number of aromatic nitrogens is 4. The van der Waals surface area contributed by atoms with Crippen LogP contribution in [0.2, 0.25) is 0 Å². The second-order valence-electron chi connectivity index (χ2n) is 9.92. The number of carbonyl (C=O) groups excluding carboxylic acids is 2. The molecule has 0 aliphatic carbocycles. The van der Waals surface area contributed by atoms with E-state index in [1.165, 1.54) is 29.8 Å². The summed E-state index contributed by atoms with van der Waals surface area (Å²) in [6.07, 6.45) is 1.54. The maximum atomic E-state index is 12.8. The third-order valence-electron chi connectivity index (χ3n) is 6.22. The summed E-state index contributed by atoms with van der Waals surface area (Å²) in [6, 6.07) is 11.5. The number of amides is 1. The van der Waals surface area contributed by atoms with Crippen molar-refractivity contribution < 1.29 is 46.1 Å². The molecule has 4 aromatic rings. The van der Waals surface area contributed by atoms with Gasteiger partial charge in [0.05, 0.1) is 50.0 Å². The van der Waals surface area contributed by atoms with Crippen LogP contribution in [0, 0.1) is 0 Å². The average Bonchev–Trinajstić information content (AvgIpc) is 3.71. The number of hydrogen-bond acceptors (Lipinski definition) is 14. The van der Waals surface area contributed by atoms with Crippen molar-refractivity contribution in [1.82, 2.24) is 25.3 Å². The molecule has 0 aliphatic heterocycles. The SMILES string of the molecule is COC(=O)[C@H](CSCc1cccc(OCCOCCOCCF)c1)NC(=O)Cn1cc(COc2ccc3nc(S(N)(=O)=O)sc3c2)nn1. The quantitative estimate of drug-likeness (QED) is 0.0937. The fourth-order valence-electron chi connectivity index (χ4n) is 4.05. The van der Waals surface area contributed by atoms with E-state index in [2.05, 4.69) is 20.6 Å². The highest BCUT2D eigenvalue weighted by Crippen LogP contribution is 2.28. The molecule has 0 spiro atoms. The van der Waals surface area contributed by atoms with Crippen molar-refractivity contribution in [3.63, 3.8) is 0 Å².